The first kappa shape index (κ1) is 98.1. The zero-order valence-corrected chi connectivity index (χ0v) is 67.3. The molecule has 0 radical (unpaired) electrons. The Morgan fingerprint density at radius 3 is 0.710 bits per heavy atom. The minimum atomic E-state index is -4.96. The first-order chi connectivity index (χ1) is 48.4. The summed E-state index contributed by atoms with van der Waals surface area (Å²) in [6.07, 6.45) is 62.6. The summed E-state index contributed by atoms with van der Waals surface area (Å²) in [7, 11) is -9.91. The molecule has 7 atom stereocenters. The van der Waals surface area contributed by atoms with E-state index in [0.29, 0.717) is 25.7 Å². The van der Waals surface area contributed by atoms with Crippen molar-refractivity contribution in [3.8, 4) is 0 Å². The van der Waals surface area contributed by atoms with E-state index >= 15 is 0 Å². The highest BCUT2D eigenvalue weighted by Crippen LogP contribution is 2.45. The number of esters is 4. The van der Waals surface area contributed by atoms with Crippen molar-refractivity contribution >= 4 is 39.5 Å². The quantitative estimate of drug-likeness (QED) is 0.0222. The maximum Gasteiger partial charge on any atom is 0.472 e. The van der Waals surface area contributed by atoms with Gasteiger partial charge in [-0.3, -0.25) is 37.3 Å². The summed E-state index contributed by atoms with van der Waals surface area (Å²) >= 11 is 0. The fourth-order valence-corrected chi connectivity index (χ4v) is 14.1. The molecule has 0 saturated carbocycles. The van der Waals surface area contributed by atoms with Gasteiger partial charge in [-0.15, -0.1) is 0 Å². The second-order valence-electron chi connectivity index (χ2n) is 29.6. The third kappa shape index (κ3) is 71.7. The summed E-state index contributed by atoms with van der Waals surface area (Å²) in [5, 5.41) is 10.6. The van der Waals surface area contributed by atoms with Gasteiger partial charge < -0.3 is 33.8 Å². The molecule has 0 aromatic heterocycles. The molecule has 0 aromatic rings. The largest absolute Gasteiger partial charge is 0.472 e. The van der Waals surface area contributed by atoms with Crippen LogP contribution >= 0.6 is 15.6 Å². The molecule has 0 aliphatic heterocycles. The number of ether oxygens (including phenoxy) is 4. The highest BCUT2D eigenvalue weighted by Gasteiger charge is 2.30. The van der Waals surface area contributed by atoms with Crippen LogP contribution in [0, 0.1) is 11.8 Å². The molecule has 19 heteroatoms. The monoisotopic (exact) mass is 1470 g/mol. The van der Waals surface area contributed by atoms with Gasteiger partial charge in [-0.2, -0.15) is 0 Å². The molecule has 0 amide bonds. The molecule has 0 rings (SSSR count). The number of carbonyl (C=O) groups excluding carboxylic acids is 4. The van der Waals surface area contributed by atoms with Gasteiger partial charge in [0.05, 0.1) is 26.4 Å². The van der Waals surface area contributed by atoms with Crippen LogP contribution in [0.4, 0.5) is 0 Å². The van der Waals surface area contributed by atoms with Crippen LogP contribution in [0.15, 0.2) is 0 Å². The summed E-state index contributed by atoms with van der Waals surface area (Å²) in [4.78, 5) is 72.9. The van der Waals surface area contributed by atoms with Gasteiger partial charge in [0.2, 0.25) is 0 Å². The molecule has 0 bridgehead atoms. The molecule has 100 heavy (non-hydrogen) atoms. The summed E-state index contributed by atoms with van der Waals surface area (Å²) in [5.74, 6) is -0.461. The number of phosphoric ester groups is 2. The Hall–Kier alpha value is -1.94. The fourth-order valence-electron chi connectivity index (χ4n) is 12.5. The van der Waals surface area contributed by atoms with Crippen LogP contribution < -0.4 is 0 Å². The number of unbranched alkanes of at least 4 members (excludes halogenated alkanes) is 48. The van der Waals surface area contributed by atoms with Crippen molar-refractivity contribution in [2.24, 2.45) is 11.8 Å². The molecule has 0 aromatic carbocycles. The maximum absolute atomic E-state index is 13.1. The smallest absolute Gasteiger partial charge is 0.462 e. The normalized spacial score (nSPS) is 14.4. The molecule has 3 N–H and O–H groups in total. The lowest BCUT2D eigenvalue weighted by atomic mass is 9.99. The summed E-state index contributed by atoms with van der Waals surface area (Å²) in [6.45, 7) is 9.67. The Bertz CT molecular complexity index is 1930. The van der Waals surface area contributed by atoms with E-state index in [1.165, 1.54) is 231 Å². The van der Waals surface area contributed by atoms with Gasteiger partial charge in [0, 0.05) is 25.7 Å². The van der Waals surface area contributed by atoms with Gasteiger partial charge in [-0.1, -0.05) is 375 Å². The molecule has 594 valence electrons. The molecule has 0 aliphatic rings. The number of carbonyl (C=O) groups is 4. The molecular formula is C81H158O17P2. The number of aliphatic hydroxyl groups excluding tert-OH is 1. The van der Waals surface area contributed by atoms with Crippen molar-refractivity contribution in [3.05, 3.63) is 0 Å². The second kappa shape index (κ2) is 72.6. The third-order valence-corrected chi connectivity index (χ3v) is 21.6. The van der Waals surface area contributed by atoms with Crippen LogP contribution in [0.2, 0.25) is 0 Å². The predicted octanol–water partition coefficient (Wildman–Crippen LogP) is 24.3. The maximum atomic E-state index is 13.1. The van der Waals surface area contributed by atoms with E-state index in [4.69, 9.17) is 37.0 Å². The molecule has 4 unspecified atom stereocenters. The lowest BCUT2D eigenvalue weighted by molar-refractivity contribution is -0.161. The first-order valence-corrected chi connectivity index (χ1v) is 45.1. The zero-order valence-electron chi connectivity index (χ0n) is 65.5. The Balaban J connectivity index is 5.18. The van der Waals surface area contributed by atoms with Crippen LogP contribution in [0.25, 0.3) is 0 Å². The summed E-state index contributed by atoms with van der Waals surface area (Å²) < 4.78 is 68.6. The van der Waals surface area contributed by atoms with Crippen LogP contribution in [-0.4, -0.2) is 96.7 Å². The number of hydrogen-bond acceptors (Lipinski definition) is 15. The fraction of sp³-hybridized carbons (Fsp3) is 0.951. The topological polar surface area (TPSA) is 237 Å². The second-order valence-corrected chi connectivity index (χ2v) is 32.6. The molecular weight excluding hydrogens is 1310 g/mol. The van der Waals surface area contributed by atoms with E-state index in [9.17, 15) is 43.2 Å². The van der Waals surface area contributed by atoms with E-state index in [1.54, 1.807) is 0 Å². The number of aliphatic hydroxyl groups is 1. The van der Waals surface area contributed by atoms with Gasteiger partial charge in [0.25, 0.3) is 0 Å². The number of rotatable bonds is 80. The lowest BCUT2D eigenvalue weighted by Crippen LogP contribution is -2.30. The van der Waals surface area contributed by atoms with Gasteiger partial charge >= 0.3 is 39.5 Å². The standard InChI is InChI=1S/C81H158O17P2/c1-7-11-13-15-17-18-19-20-21-22-23-24-25-26-27-32-35-41-47-53-59-65-80(85)98-77(70-92-79(84)64-58-52-46-40-34-31-29-28-30-33-38-44-49-55-61-73(5)9-3)72-96-100(89,90)94-68-75(82)67-93-99(87,88)95-71-76(69-91-78(83)63-57-51-43-16-14-12-8-2)97-81(86)66-60-54-48-42-37-36-39-45-50-56-62-74(6)10-4/h73-77,82H,7-72H2,1-6H3,(H,87,88)(H,89,90)/t73?,74?,75-,76+,77+/m0/s1. The van der Waals surface area contributed by atoms with Crippen molar-refractivity contribution in [3.63, 3.8) is 0 Å². The van der Waals surface area contributed by atoms with Crippen LogP contribution in [-0.2, 0) is 65.4 Å². The van der Waals surface area contributed by atoms with E-state index < -0.39 is 97.5 Å². The van der Waals surface area contributed by atoms with E-state index in [1.807, 2.05) is 0 Å². The number of hydrogen-bond donors (Lipinski definition) is 3. The lowest BCUT2D eigenvalue weighted by Gasteiger charge is -2.21. The molecule has 0 fully saturated rings. The van der Waals surface area contributed by atoms with Crippen molar-refractivity contribution in [2.75, 3.05) is 39.6 Å². The Morgan fingerprint density at radius 2 is 0.480 bits per heavy atom. The first-order valence-electron chi connectivity index (χ1n) is 42.1. The van der Waals surface area contributed by atoms with Crippen LogP contribution in [0.3, 0.4) is 0 Å². The van der Waals surface area contributed by atoms with Gasteiger partial charge in [0.15, 0.2) is 12.2 Å². The Kier molecular flexibility index (Phi) is 71.2. The predicted molar refractivity (Wildman–Crippen MR) is 409 cm³/mol. The van der Waals surface area contributed by atoms with Crippen molar-refractivity contribution in [1.29, 1.82) is 0 Å². The van der Waals surface area contributed by atoms with Crippen LogP contribution in [0.5, 0.6) is 0 Å². The minimum absolute atomic E-state index is 0.106. The van der Waals surface area contributed by atoms with Gasteiger partial charge in [-0.05, 0) is 37.5 Å². The van der Waals surface area contributed by atoms with Crippen molar-refractivity contribution < 1.29 is 80.2 Å². The molecule has 0 heterocycles. The molecule has 0 aliphatic carbocycles. The highest BCUT2D eigenvalue weighted by atomic mass is 31.2. The Morgan fingerprint density at radius 1 is 0.280 bits per heavy atom. The molecule has 0 spiro atoms. The van der Waals surface area contributed by atoms with Gasteiger partial charge in [0.1, 0.15) is 19.3 Å². The van der Waals surface area contributed by atoms with E-state index in [0.717, 1.165) is 115 Å². The van der Waals surface area contributed by atoms with Crippen molar-refractivity contribution in [2.45, 2.75) is 445 Å². The van der Waals surface area contributed by atoms with E-state index in [2.05, 4.69) is 41.5 Å². The summed E-state index contributed by atoms with van der Waals surface area (Å²) in [6, 6.07) is 0. The Labute approximate surface area is 613 Å². The third-order valence-electron chi connectivity index (χ3n) is 19.7. The zero-order chi connectivity index (χ0) is 73.5. The molecule has 0 saturated heterocycles. The van der Waals surface area contributed by atoms with E-state index in [-0.39, 0.29) is 25.7 Å². The van der Waals surface area contributed by atoms with Crippen LogP contribution in [0.1, 0.15) is 427 Å². The molecule has 17 nitrogen and oxygen atoms in total. The SMILES string of the molecule is CCCCCCCCCCCCCCCCCCCCCCCC(=O)O[C@H](COC(=O)CCCCCCCCCCCCCCCCC(C)CC)COP(=O)(O)OC[C@@H](O)COP(=O)(O)OC[C@@H](COC(=O)CCCCCCCCC)OC(=O)CCCCCCCCCCCCC(C)CC. The highest BCUT2D eigenvalue weighted by molar-refractivity contribution is 7.47. The minimum Gasteiger partial charge on any atom is -0.462 e. The number of phosphoric acid groups is 2. The van der Waals surface area contributed by atoms with Gasteiger partial charge in [-0.25, -0.2) is 9.13 Å². The van der Waals surface area contributed by atoms with Crippen molar-refractivity contribution in [1.82, 2.24) is 0 Å². The average molecular weight is 1470 g/mol. The summed E-state index contributed by atoms with van der Waals surface area (Å²) in [5.41, 5.74) is 0. The average Bonchev–Trinajstić information content (AvgIpc) is 0.973.